The highest BCUT2D eigenvalue weighted by Gasteiger charge is 2.42. The lowest BCUT2D eigenvalue weighted by Crippen LogP contribution is -2.27. The van der Waals surface area contributed by atoms with E-state index in [0.29, 0.717) is 24.2 Å². The molecule has 1 aromatic carbocycles. The highest BCUT2D eigenvalue weighted by Crippen LogP contribution is 2.45. The molecule has 25 heavy (non-hydrogen) atoms. The molecule has 2 fully saturated rings. The molecule has 1 N–H and O–H groups in total. The van der Waals surface area contributed by atoms with E-state index in [1.54, 1.807) is 18.2 Å². The third-order valence-corrected chi connectivity index (χ3v) is 5.11. The molecule has 1 aromatic rings. The summed E-state index contributed by atoms with van der Waals surface area (Å²) >= 11 is 0. The van der Waals surface area contributed by atoms with Gasteiger partial charge in [-0.25, -0.2) is 0 Å². The Hall–Kier alpha value is -1.27. The smallest absolute Gasteiger partial charge is 0.391 e. The fourth-order valence-electron chi connectivity index (χ4n) is 3.71. The monoisotopic (exact) mass is 377 g/mol. The van der Waals surface area contributed by atoms with E-state index < -0.39 is 12.1 Å². The number of carbonyl (C=O) groups excluding carboxylic acids is 1. The minimum absolute atomic E-state index is 0. The van der Waals surface area contributed by atoms with Crippen molar-refractivity contribution in [3.05, 3.63) is 29.3 Å². The van der Waals surface area contributed by atoms with Gasteiger partial charge in [0.15, 0.2) is 0 Å². The lowest BCUT2D eigenvalue weighted by Gasteiger charge is -2.31. The summed E-state index contributed by atoms with van der Waals surface area (Å²) in [6.07, 6.45) is -1.10. The maximum Gasteiger partial charge on any atom is 0.391 e. The van der Waals surface area contributed by atoms with Crippen molar-refractivity contribution in [2.75, 3.05) is 13.1 Å². The van der Waals surface area contributed by atoms with Crippen LogP contribution in [-0.2, 0) is 0 Å². The van der Waals surface area contributed by atoms with Gasteiger partial charge in [-0.15, -0.1) is 12.4 Å². The predicted molar refractivity (Wildman–Crippen MR) is 91.7 cm³/mol. The summed E-state index contributed by atoms with van der Waals surface area (Å²) in [4.78, 5) is 11.1. The molecule has 0 aromatic heterocycles. The Morgan fingerprint density at radius 1 is 1.12 bits per heavy atom. The molecular formula is C18H23ClF3NO2. The van der Waals surface area contributed by atoms with E-state index in [4.69, 9.17) is 4.74 Å². The second-order valence-electron chi connectivity index (χ2n) is 6.74. The minimum atomic E-state index is -4.11. The predicted octanol–water partition coefficient (Wildman–Crippen LogP) is 4.50. The van der Waals surface area contributed by atoms with Crippen LogP contribution >= 0.6 is 12.4 Å². The van der Waals surface area contributed by atoms with Crippen LogP contribution in [0.4, 0.5) is 13.2 Å². The fourth-order valence-corrected chi connectivity index (χ4v) is 3.71. The summed E-state index contributed by atoms with van der Waals surface area (Å²) in [6, 6.07) is 5.27. The summed E-state index contributed by atoms with van der Waals surface area (Å²) in [5.41, 5.74) is 1.42. The van der Waals surface area contributed by atoms with E-state index in [-0.39, 0.29) is 37.3 Å². The first-order valence-electron chi connectivity index (χ1n) is 8.50. The highest BCUT2D eigenvalue weighted by molar-refractivity contribution is 5.85. The first-order valence-corrected chi connectivity index (χ1v) is 8.50. The van der Waals surface area contributed by atoms with E-state index in [9.17, 15) is 18.0 Å². The van der Waals surface area contributed by atoms with Gasteiger partial charge in [-0.3, -0.25) is 4.79 Å². The number of alkyl halides is 3. The zero-order chi connectivity index (χ0) is 17.2. The number of carbonyl (C=O) groups is 1. The molecule has 0 bridgehead atoms. The molecule has 1 saturated carbocycles. The Kier molecular flexibility index (Phi) is 6.74. The zero-order valence-corrected chi connectivity index (χ0v) is 14.7. The average Bonchev–Trinajstić information content (AvgIpc) is 3.07. The summed E-state index contributed by atoms with van der Waals surface area (Å²) in [5.74, 6) is -0.468. The maximum atomic E-state index is 12.9. The molecule has 3 nitrogen and oxygen atoms in total. The number of hydrogen-bond donors (Lipinski definition) is 1. The van der Waals surface area contributed by atoms with Crippen LogP contribution in [-0.4, -0.2) is 31.7 Å². The lowest BCUT2D eigenvalue weighted by atomic mass is 9.78. The zero-order valence-electron chi connectivity index (χ0n) is 13.8. The fraction of sp³-hybridized carbons (Fsp3) is 0.611. The summed E-state index contributed by atoms with van der Waals surface area (Å²) in [7, 11) is 0. The van der Waals surface area contributed by atoms with E-state index in [2.05, 4.69) is 5.32 Å². The molecule has 1 atom stereocenters. The van der Waals surface area contributed by atoms with Crippen molar-refractivity contribution in [1.82, 2.24) is 5.32 Å². The van der Waals surface area contributed by atoms with Crippen molar-refractivity contribution in [2.45, 2.75) is 50.3 Å². The van der Waals surface area contributed by atoms with Crippen LogP contribution in [0.2, 0.25) is 0 Å². The Morgan fingerprint density at radius 3 is 2.40 bits per heavy atom. The summed E-state index contributed by atoms with van der Waals surface area (Å²) in [6.45, 7) is 1.68. The molecule has 0 amide bonds. The number of ether oxygens (including phenoxy) is 1. The molecule has 140 valence electrons. The van der Waals surface area contributed by atoms with Crippen LogP contribution in [0.5, 0.6) is 5.75 Å². The lowest BCUT2D eigenvalue weighted by molar-refractivity contribution is -0.182. The second kappa shape index (κ2) is 8.41. The number of halogens is 4. The Balaban J connectivity index is 0.00000225. The van der Waals surface area contributed by atoms with E-state index in [0.717, 1.165) is 31.4 Å². The Labute approximate surface area is 151 Å². The van der Waals surface area contributed by atoms with E-state index >= 15 is 0 Å². The van der Waals surface area contributed by atoms with Crippen molar-refractivity contribution < 1.29 is 22.7 Å². The number of nitrogens with one attached hydrogen (secondary N) is 1. The van der Waals surface area contributed by atoms with Gasteiger partial charge >= 0.3 is 6.18 Å². The molecule has 2 aliphatic rings. The molecule has 1 unspecified atom stereocenters. The van der Waals surface area contributed by atoms with Crippen molar-refractivity contribution in [3.63, 3.8) is 0 Å². The second-order valence-corrected chi connectivity index (χ2v) is 6.74. The normalized spacial score (nSPS) is 26.8. The number of hydrogen-bond acceptors (Lipinski definition) is 3. The quantitative estimate of drug-likeness (QED) is 0.785. The molecule has 1 heterocycles. The van der Waals surface area contributed by atoms with Crippen molar-refractivity contribution in [3.8, 4) is 5.75 Å². The van der Waals surface area contributed by atoms with Crippen LogP contribution in [0, 0.1) is 5.92 Å². The molecule has 7 heteroatoms. The molecular weight excluding hydrogens is 355 g/mol. The first-order chi connectivity index (χ1) is 11.5. The van der Waals surface area contributed by atoms with Crippen molar-refractivity contribution >= 4 is 18.7 Å². The van der Waals surface area contributed by atoms with Crippen LogP contribution in [0.15, 0.2) is 18.2 Å². The molecule has 1 saturated heterocycles. The summed E-state index contributed by atoms with van der Waals surface area (Å²) < 4.78 is 44.6. The van der Waals surface area contributed by atoms with Gasteiger partial charge in [0.1, 0.15) is 18.1 Å². The van der Waals surface area contributed by atoms with Gasteiger partial charge in [-0.2, -0.15) is 13.2 Å². The number of rotatable bonds is 4. The van der Waals surface area contributed by atoms with Crippen LogP contribution < -0.4 is 10.1 Å². The van der Waals surface area contributed by atoms with Gasteiger partial charge in [-0.05, 0) is 68.3 Å². The van der Waals surface area contributed by atoms with Gasteiger partial charge in [0.25, 0.3) is 0 Å². The average molecular weight is 378 g/mol. The Bertz CT molecular complexity index is 580. The summed E-state index contributed by atoms with van der Waals surface area (Å²) in [5, 5.41) is 3.23. The van der Waals surface area contributed by atoms with Crippen LogP contribution in [0.25, 0.3) is 0 Å². The molecule has 1 aliphatic heterocycles. The molecule has 3 rings (SSSR count). The van der Waals surface area contributed by atoms with E-state index in [1.165, 1.54) is 0 Å². The van der Waals surface area contributed by atoms with Gasteiger partial charge in [0, 0.05) is 12.1 Å². The third-order valence-electron chi connectivity index (χ3n) is 5.11. The van der Waals surface area contributed by atoms with Crippen LogP contribution in [0.1, 0.15) is 53.9 Å². The van der Waals surface area contributed by atoms with Gasteiger partial charge < -0.3 is 10.1 Å². The standard InChI is InChI=1S/C18H22F3NO2.ClH/c19-18(20,21)14-4-2-13(3-5-14)16-9-12(11-23)1-6-17(16)24-15-7-8-22-10-15;/h1,6,9,11,13-15,22H,2-5,7-8,10H2;1H. The first kappa shape index (κ1) is 20.0. The maximum absolute atomic E-state index is 12.9. The van der Waals surface area contributed by atoms with Gasteiger partial charge in [0.05, 0.1) is 5.92 Å². The van der Waals surface area contributed by atoms with Crippen LogP contribution in [0.3, 0.4) is 0 Å². The molecule has 1 aliphatic carbocycles. The van der Waals surface area contributed by atoms with Gasteiger partial charge in [-0.1, -0.05) is 0 Å². The third kappa shape index (κ3) is 4.88. The Morgan fingerprint density at radius 2 is 1.84 bits per heavy atom. The highest BCUT2D eigenvalue weighted by atomic mass is 35.5. The molecule has 0 spiro atoms. The van der Waals surface area contributed by atoms with Crippen molar-refractivity contribution in [1.29, 1.82) is 0 Å². The van der Waals surface area contributed by atoms with E-state index in [1.807, 2.05) is 0 Å². The van der Waals surface area contributed by atoms with Crippen molar-refractivity contribution in [2.24, 2.45) is 5.92 Å². The number of benzene rings is 1. The number of aldehydes is 1. The molecule has 0 radical (unpaired) electrons. The SMILES string of the molecule is Cl.O=Cc1ccc(OC2CCNC2)c(C2CCC(C(F)(F)F)CC2)c1. The minimum Gasteiger partial charge on any atom is -0.489 e. The van der Waals surface area contributed by atoms with Gasteiger partial charge in [0.2, 0.25) is 0 Å². The topological polar surface area (TPSA) is 38.3 Å². The largest absolute Gasteiger partial charge is 0.489 e.